The average molecular weight is 510 g/mol. The molecule has 4 rings (SSSR count). The Morgan fingerprint density at radius 2 is 1.53 bits per heavy atom. The predicted molar refractivity (Wildman–Crippen MR) is 125 cm³/mol. The third kappa shape index (κ3) is 5.00. The van der Waals surface area contributed by atoms with Gasteiger partial charge in [-0.15, -0.1) is 5.10 Å². The third-order valence-corrected chi connectivity index (χ3v) is 6.15. The van der Waals surface area contributed by atoms with E-state index >= 15 is 0 Å². The lowest BCUT2D eigenvalue weighted by Crippen LogP contribution is -2.19. The number of nitro groups is 2. The summed E-state index contributed by atoms with van der Waals surface area (Å²) in [4.78, 5) is 32.9. The van der Waals surface area contributed by atoms with Gasteiger partial charge in [-0.1, -0.05) is 29.4 Å². The Morgan fingerprint density at radius 3 is 2.22 bits per heavy atom. The molecule has 1 heterocycles. The minimum absolute atomic E-state index is 0.0226. The maximum atomic E-state index is 12.9. The number of hydrogen-bond acceptors (Lipinski definition) is 10. The summed E-state index contributed by atoms with van der Waals surface area (Å²) in [5.74, 6) is -0.833. The highest BCUT2D eigenvalue weighted by molar-refractivity contribution is 7.92. The number of para-hydroxylation sites is 2. The zero-order valence-corrected chi connectivity index (χ0v) is 18.7. The first-order chi connectivity index (χ1) is 17.2. The summed E-state index contributed by atoms with van der Waals surface area (Å²) in [7, 11) is -4.43. The first-order valence-corrected chi connectivity index (χ1v) is 11.4. The van der Waals surface area contributed by atoms with Gasteiger partial charge < -0.3 is 4.42 Å². The van der Waals surface area contributed by atoms with Crippen LogP contribution < -0.4 is 10.0 Å². The van der Waals surface area contributed by atoms with Crippen molar-refractivity contribution in [2.24, 2.45) is 0 Å². The van der Waals surface area contributed by atoms with Gasteiger partial charge in [-0.05, 0) is 30.3 Å². The van der Waals surface area contributed by atoms with Crippen LogP contribution in [-0.2, 0) is 10.0 Å². The van der Waals surface area contributed by atoms with Crippen LogP contribution in [0.25, 0.3) is 11.5 Å². The summed E-state index contributed by atoms with van der Waals surface area (Å²) < 4.78 is 33.3. The Labute approximate surface area is 201 Å². The van der Waals surface area contributed by atoms with Gasteiger partial charge in [-0.2, -0.15) is 0 Å². The van der Waals surface area contributed by atoms with Crippen molar-refractivity contribution >= 4 is 39.0 Å². The van der Waals surface area contributed by atoms with Crippen molar-refractivity contribution in [1.29, 1.82) is 0 Å². The van der Waals surface area contributed by atoms with Crippen molar-refractivity contribution in [3.8, 4) is 11.5 Å². The topological polar surface area (TPSA) is 200 Å². The normalized spacial score (nSPS) is 11.0. The van der Waals surface area contributed by atoms with Crippen LogP contribution in [0.5, 0.6) is 0 Å². The molecule has 0 bridgehead atoms. The smallest absolute Gasteiger partial charge is 0.322 e. The molecule has 0 aliphatic heterocycles. The number of carbonyl (C=O) groups excluding carboxylic acids is 1. The fourth-order valence-electron chi connectivity index (χ4n) is 3.09. The van der Waals surface area contributed by atoms with Gasteiger partial charge in [0, 0.05) is 23.8 Å². The lowest BCUT2D eigenvalue weighted by molar-refractivity contribution is -0.387. The summed E-state index contributed by atoms with van der Waals surface area (Å²) in [6, 6.07) is 15.3. The second-order valence-corrected chi connectivity index (χ2v) is 8.70. The number of hydrogen-bond donors (Lipinski definition) is 2. The van der Waals surface area contributed by atoms with E-state index in [2.05, 4.69) is 20.2 Å². The fraction of sp³-hybridized carbons (Fsp3) is 0. The van der Waals surface area contributed by atoms with Gasteiger partial charge in [0.05, 0.1) is 21.1 Å². The molecule has 0 fully saturated rings. The summed E-state index contributed by atoms with van der Waals surface area (Å²) in [5, 5.41) is 31.9. The number of rotatable bonds is 8. The summed E-state index contributed by atoms with van der Waals surface area (Å²) in [5.41, 5.74) is -0.674. The molecule has 3 aromatic carbocycles. The van der Waals surface area contributed by atoms with Gasteiger partial charge in [0.2, 0.25) is 5.89 Å². The number of nitrogens with zero attached hydrogens (tertiary/aromatic N) is 4. The number of aromatic nitrogens is 2. The van der Waals surface area contributed by atoms with Crippen LogP contribution in [0, 0.1) is 20.2 Å². The van der Waals surface area contributed by atoms with E-state index in [0.29, 0.717) is 5.56 Å². The highest BCUT2D eigenvalue weighted by Gasteiger charge is 2.27. The molecule has 0 aliphatic rings. The van der Waals surface area contributed by atoms with Crippen LogP contribution >= 0.6 is 0 Å². The molecule has 2 N–H and O–H groups in total. The van der Waals surface area contributed by atoms with Crippen LogP contribution in [0.2, 0.25) is 0 Å². The molecule has 1 aromatic heterocycles. The molecular formula is C21H14N6O8S. The first-order valence-electron chi connectivity index (χ1n) is 9.90. The molecule has 0 saturated heterocycles. The van der Waals surface area contributed by atoms with Crippen molar-refractivity contribution < 1.29 is 27.5 Å². The number of sulfonamides is 1. The minimum atomic E-state index is -4.43. The summed E-state index contributed by atoms with van der Waals surface area (Å²) in [6.07, 6.45) is 0. The van der Waals surface area contributed by atoms with E-state index in [0.717, 1.165) is 12.1 Å². The first kappa shape index (κ1) is 24.0. The molecule has 14 nitrogen and oxygen atoms in total. The third-order valence-electron chi connectivity index (χ3n) is 4.74. The van der Waals surface area contributed by atoms with Gasteiger partial charge in [0.1, 0.15) is 0 Å². The number of anilines is 2. The second-order valence-electron chi connectivity index (χ2n) is 7.05. The number of non-ortho nitro benzene ring substituents is 1. The van der Waals surface area contributed by atoms with E-state index in [1.165, 1.54) is 60.7 Å². The molecule has 0 aliphatic carbocycles. The van der Waals surface area contributed by atoms with Crippen molar-refractivity contribution in [2.75, 3.05) is 10.0 Å². The van der Waals surface area contributed by atoms with Gasteiger partial charge in [-0.3, -0.25) is 35.1 Å². The van der Waals surface area contributed by atoms with Crippen molar-refractivity contribution in [3.63, 3.8) is 0 Å². The SMILES string of the molecule is O=C(Nc1nnc(-c2ccc([N+](=O)[O-])cc2)o1)c1ccccc1NS(=O)(=O)c1ccccc1[N+](=O)[O-]. The van der Waals surface area contributed by atoms with Crippen LogP contribution in [0.3, 0.4) is 0 Å². The number of carbonyl (C=O) groups is 1. The zero-order chi connectivity index (χ0) is 25.9. The van der Waals surface area contributed by atoms with Crippen LogP contribution in [0.4, 0.5) is 23.1 Å². The highest BCUT2D eigenvalue weighted by Crippen LogP contribution is 2.27. The quantitative estimate of drug-likeness (QED) is 0.260. The Balaban J connectivity index is 1.56. The Hall–Kier alpha value is -5.18. The predicted octanol–water partition coefficient (Wildman–Crippen LogP) is 3.61. The summed E-state index contributed by atoms with van der Waals surface area (Å²) >= 11 is 0. The minimum Gasteiger partial charge on any atom is -0.403 e. The van der Waals surface area contributed by atoms with E-state index in [1.54, 1.807) is 0 Å². The molecule has 4 aromatic rings. The maximum Gasteiger partial charge on any atom is 0.322 e. The van der Waals surface area contributed by atoms with E-state index in [4.69, 9.17) is 4.42 Å². The Bertz CT molecular complexity index is 1580. The van der Waals surface area contributed by atoms with Crippen LogP contribution in [0.1, 0.15) is 10.4 Å². The fourth-order valence-corrected chi connectivity index (χ4v) is 4.34. The molecule has 0 radical (unpaired) electrons. The van der Waals surface area contributed by atoms with Crippen molar-refractivity contribution in [1.82, 2.24) is 10.2 Å². The average Bonchev–Trinajstić information content (AvgIpc) is 3.32. The van der Waals surface area contributed by atoms with E-state index in [9.17, 15) is 33.4 Å². The number of nitrogens with one attached hydrogen (secondary N) is 2. The van der Waals surface area contributed by atoms with Gasteiger partial charge in [0.25, 0.3) is 27.3 Å². The molecule has 0 saturated carbocycles. The molecule has 0 spiro atoms. The van der Waals surface area contributed by atoms with E-state index in [1.807, 2.05) is 0 Å². The van der Waals surface area contributed by atoms with Crippen LogP contribution in [0.15, 0.2) is 82.1 Å². The van der Waals surface area contributed by atoms with Gasteiger partial charge in [0.15, 0.2) is 4.90 Å². The Kier molecular flexibility index (Phi) is 6.38. The lowest BCUT2D eigenvalue weighted by atomic mass is 10.2. The lowest BCUT2D eigenvalue weighted by Gasteiger charge is -2.12. The highest BCUT2D eigenvalue weighted by atomic mass is 32.2. The maximum absolute atomic E-state index is 12.9. The number of amides is 1. The van der Waals surface area contributed by atoms with Crippen molar-refractivity contribution in [2.45, 2.75) is 4.90 Å². The van der Waals surface area contributed by atoms with Gasteiger partial charge >= 0.3 is 6.01 Å². The largest absolute Gasteiger partial charge is 0.403 e. The monoisotopic (exact) mass is 510 g/mol. The van der Waals surface area contributed by atoms with Gasteiger partial charge in [-0.25, -0.2) is 8.42 Å². The molecular weight excluding hydrogens is 496 g/mol. The Morgan fingerprint density at radius 1 is 0.861 bits per heavy atom. The molecule has 182 valence electrons. The van der Waals surface area contributed by atoms with E-state index in [-0.39, 0.29) is 28.8 Å². The standard InChI is InChI=1S/C21H14N6O8S/c28-19(22-21-24-23-20(35-21)13-9-11-14(12-10-13)26(29)30)15-5-1-2-6-16(15)25-36(33,34)18-8-4-3-7-17(18)27(31)32/h1-12,25H,(H,22,24,28). The number of nitro benzene ring substituents is 2. The molecule has 0 unspecified atom stereocenters. The molecule has 0 atom stereocenters. The van der Waals surface area contributed by atoms with E-state index < -0.39 is 36.4 Å². The molecule has 36 heavy (non-hydrogen) atoms. The molecule has 1 amide bonds. The second kappa shape index (κ2) is 9.59. The summed E-state index contributed by atoms with van der Waals surface area (Å²) in [6.45, 7) is 0. The number of benzene rings is 3. The zero-order valence-electron chi connectivity index (χ0n) is 17.9. The molecule has 15 heteroatoms. The van der Waals surface area contributed by atoms with Crippen molar-refractivity contribution in [3.05, 3.63) is 98.6 Å². The van der Waals surface area contributed by atoms with Crippen LogP contribution in [-0.4, -0.2) is 34.4 Å².